The molecule has 0 fully saturated rings. The van der Waals surface area contributed by atoms with Crippen LogP contribution in [0.2, 0.25) is 0 Å². The molecule has 6 nitrogen and oxygen atoms in total. The molecular weight excluding hydrogens is 961 g/mol. The molecule has 0 amide bonds. The highest BCUT2D eigenvalue weighted by atomic mass is 16.6. The van der Waals surface area contributed by atoms with E-state index in [4.69, 9.17) is 14.2 Å². The number of esters is 3. The third-order valence-electron chi connectivity index (χ3n) is 14.3. The Morgan fingerprint density at radius 1 is 0.269 bits per heavy atom. The average molecular weight is 1090 g/mol. The first-order chi connectivity index (χ1) is 38.5. The fourth-order valence-electron chi connectivity index (χ4n) is 9.36. The Labute approximate surface area is 483 Å². The SMILES string of the molecule is CC/C=C\C/C=C\C/C=C\C/C=C\C/C=C\C/C=C\C/C=C\CCCCCC(=O)OCC(COC(=O)CCCCCCCCCCCCCCCC)OC(=O)CCCCCCCCCCC/C=C\CCCCCCCCCC. The Balaban J connectivity index is 4.41. The minimum absolute atomic E-state index is 0.0864. The minimum Gasteiger partial charge on any atom is -0.462 e. The van der Waals surface area contributed by atoms with Gasteiger partial charge >= 0.3 is 17.9 Å². The van der Waals surface area contributed by atoms with Crippen LogP contribution in [0.4, 0.5) is 0 Å². The van der Waals surface area contributed by atoms with Crippen molar-refractivity contribution in [1.82, 2.24) is 0 Å². The number of allylic oxidation sites excluding steroid dienone is 16. The number of rotatable bonds is 60. The van der Waals surface area contributed by atoms with Gasteiger partial charge in [-0.3, -0.25) is 14.4 Å². The number of carbonyl (C=O) groups excluding carboxylic acids is 3. The van der Waals surface area contributed by atoms with Crippen LogP contribution < -0.4 is 0 Å². The van der Waals surface area contributed by atoms with E-state index in [1.807, 2.05) is 0 Å². The molecule has 0 saturated heterocycles. The molecule has 0 bridgehead atoms. The van der Waals surface area contributed by atoms with E-state index in [1.54, 1.807) is 0 Å². The summed E-state index contributed by atoms with van der Waals surface area (Å²) in [6.45, 7) is 6.53. The molecule has 0 aliphatic heterocycles. The highest BCUT2D eigenvalue weighted by molar-refractivity contribution is 5.71. The average Bonchev–Trinajstić information content (AvgIpc) is 3.44. The maximum absolute atomic E-state index is 12.9. The first-order valence-electron chi connectivity index (χ1n) is 33.2. The van der Waals surface area contributed by atoms with Gasteiger partial charge in [-0.1, -0.05) is 298 Å². The van der Waals surface area contributed by atoms with Gasteiger partial charge in [0.15, 0.2) is 6.10 Å². The van der Waals surface area contributed by atoms with Crippen molar-refractivity contribution in [3.63, 3.8) is 0 Å². The van der Waals surface area contributed by atoms with Gasteiger partial charge in [-0.15, -0.1) is 0 Å². The first-order valence-corrected chi connectivity index (χ1v) is 33.2. The number of carbonyl (C=O) groups is 3. The van der Waals surface area contributed by atoms with Crippen molar-refractivity contribution in [2.75, 3.05) is 13.2 Å². The molecule has 0 aromatic carbocycles. The monoisotopic (exact) mass is 1080 g/mol. The van der Waals surface area contributed by atoms with E-state index in [2.05, 4.69) is 118 Å². The topological polar surface area (TPSA) is 78.9 Å². The lowest BCUT2D eigenvalue weighted by Crippen LogP contribution is -2.30. The van der Waals surface area contributed by atoms with Crippen LogP contribution in [0, 0.1) is 0 Å². The zero-order chi connectivity index (χ0) is 56.4. The minimum atomic E-state index is -0.793. The van der Waals surface area contributed by atoms with Crippen LogP contribution in [0.3, 0.4) is 0 Å². The molecule has 1 atom stereocenters. The summed E-state index contributed by atoms with van der Waals surface area (Å²) in [6, 6.07) is 0. The van der Waals surface area contributed by atoms with Crippen molar-refractivity contribution < 1.29 is 28.6 Å². The molecule has 0 spiro atoms. The van der Waals surface area contributed by atoms with Crippen molar-refractivity contribution in [3.8, 4) is 0 Å². The maximum atomic E-state index is 12.9. The molecule has 0 aromatic heterocycles. The quantitative estimate of drug-likeness (QED) is 0.0261. The Kier molecular flexibility index (Phi) is 62.7. The highest BCUT2D eigenvalue weighted by Gasteiger charge is 2.19. The summed E-state index contributed by atoms with van der Waals surface area (Å²) in [5.74, 6) is -0.909. The predicted octanol–water partition coefficient (Wildman–Crippen LogP) is 22.8. The van der Waals surface area contributed by atoms with Crippen LogP contribution in [-0.4, -0.2) is 37.2 Å². The van der Waals surface area contributed by atoms with Gasteiger partial charge in [0.05, 0.1) is 0 Å². The molecule has 78 heavy (non-hydrogen) atoms. The normalized spacial score (nSPS) is 12.7. The molecule has 0 radical (unpaired) electrons. The fraction of sp³-hybridized carbons (Fsp3) is 0.736. The second-order valence-electron chi connectivity index (χ2n) is 22.0. The van der Waals surface area contributed by atoms with Crippen LogP contribution in [0.1, 0.15) is 323 Å². The van der Waals surface area contributed by atoms with Gasteiger partial charge in [-0.05, 0) is 103 Å². The molecule has 1 unspecified atom stereocenters. The third kappa shape index (κ3) is 63.2. The molecule has 0 N–H and O–H groups in total. The van der Waals surface area contributed by atoms with Crippen LogP contribution in [-0.2, 0) is 28.6 Å². The van der Waals surface area contributed by atoms with Crippen LogP contribution >= 0.6 is 0 Å². The number of hydrogen-bond acceptors (Lipinski definition) is 6. The molecule has 6 heteroatoms. The molecule has 448 valence electrons. The van der Waals surface area contributed by atoms with Gasteiger partial charge in [-0.2, -0.15) is 0 Å². The van der Waals surface area contributed by atoms with Crippen LogP contribution in [0.15, 0.2) is 97.2 Å². The van der Waals surface area contributed by atoms with Crippen molar-refractivity contribution in [2.24, 2.45) is 0 Å². The van der Waals surface area contributed by atoms with Gasteiger partial charge in [0.1, 0.15) is 13.2 Å². The summed E-state index contributed by atoms with van der Waals surface area (Å²) in [4.78, 5) is 38.4. The molecule has 0 aliphatic rings. The smallest absolute Gasteiger partial charge is 0.306 e. The lowest BCUT2D eigenvalue weighted by atomic mass is 10.0. The van der Waals surface area contributed by atoms with E-state index in [1.165, 1.54) is 173 Å². The summed E-state index contributed by atoms with van der Waals surface area (Å²) in [6.07, 6.45) is 88.4. The maximum Gasteiger partial charge on any atom is 0.306 e. The van der Waals surface area contributed by atoms with Crippen LogP contribution in [0.25, 0.3) is 0 Å². The second-order valence-corrected chi connectivity index (χ2v) is 22.0. The summed E-state index contributed by atoms with van der Waals surface area (Å²) < 4.78 is 16.9. The lowest BCUT2D eigenvalue weighted by Gasteiger charge is -2.18. The van der Waals surface area contributed by atoms with Gasteiger partial charge in [-0.25, -0.2) is 0 Å². The zero-order valence-corrected chi connectivity index (χ0v) is 51.4. The predicted molar refractivity (Wildman–Crippen MR) is 339 cm³/mol. The third-order valence-corrected chi connectivity index (χ3v) is 14.3. The number of hydrogen-bond donors (Lipinski definition) is 0. The molecule has 0 heterocycles. The van der Waals surface area contributed by atoms with Crippen molar-refractivity contribution in [1.29, 1.82) is 0 Å². The molecule has 0 aromatic rings. The Morgan fingerprint density at radius 3 is 0.808 bits per heavy atom. The standard InChI is InChI=1S/C72H124O6/c1-4-7-10-13-16-19-22-25-28-30-32-34-35-36-37-39-40-42-44-47-50-53-56-59-62-65-71(74)77-68-69(67-76-70(73)64-61-58-55-52-49-46-27-24-21-18-15-12-9-6-3)78-72(75)66-63-60-57-54-51-48-45-43-41-38-33-31-29-26-23-20-17-14-11-8-5-2/h7,10,16,19,25,28,31-34,36-37,40,42,47,50,69H,4-6,8-9,11-15,17-18,20-24,26-27,29-30,35,38-39,41,43-46,48-49,51-68H2,1-3H3/b10-7-,19-16-,28-25-,33-31-,34-32-,37-36-,42-40-,50-47-. The Bertz CT molecular complexity index is 1530. The van der Waals surface area contributed by atoms with E-state index < -0.39 is 6.10 Å². The van der Waals surface area contributed by atoms with Gasteiger partial charge in [0.2, 0.25) is 0 Å². The van der Waals surface area contributed by atoms with Crippen molar-refractivity contribution >= 4 is 17.9 Å². The fourth-order valence-corrected chi connectivity index (χ4v) is 9.36. The molecule has 0 saturated carbocycles. The van der Waals surface area contributed by atoms with E-state index >= 15 is 0 Å². The highest BCUT2D eigenvalue weighted by Crippen LogP contribution is 2.16. The Morgan fingerprint density at radius 2 is 0.500 bits per heavy atom. The largest absolute Gasteiger partial charge is 0.462 e. The summed E-state index contributed by atoms with van der Waals surface area (Å²) in [7, 11) is 0. The number of ether oxygens (including phenoxy) is 3. The summed E-state index contributed by atoms with van der Waals surface area (Å²) in [5, 5.41) is 0. The van der Waals surface area contributed by atoms with Gasteiger partial charge in [0, 0.05) is 19.3 Å². The molecular formula is C72H124O6. The zero-order valence-electron chi connectivity index (χ0n) is 51.4. The number of unbranched alkanes of at least 4 members (excludes halogenated alkanes) is 33. The summed E-state index contributed by atoms with van der Waals surface area (Å²) >= 11 is 0. The Hall–Kier alpha value is -3.67. The van der Waals surface area contributed by atoms with Crippen molar-refractivity contribution in [3.05, 3.63) is 97.2 Å². The van der Waals surface area contributed by atoms with E-state index in [9.17, 15) is 14.4 Å². The first kappa shape index (κ1) is 74.3. The molecule has 0 aliphatic carbocycles. The van der Waals surface area contributed by atoms with E-state index in [-0.39, 0.29) is 31.1 Å². The van der Waals surface area contributed by atoms with E-state index in [0.29, 0.717) is 19.3 Å². The van der Waals surface area contributed by atoms with Crippen molar-refractivity contribution in [2.45, 2.75) is 329 Å². The van der Waals surface area contributed by atoms with E-state index in [0.717, 1.165) is 109 Å². The summed E-state index contributed by atoms with van der Waals surface area (Å²) in [5.41, 5.74) is 0. The molecule has 0 rings (SSSR count). The lowest BCUT2D eigenvalue weighted by molar-refractivity contribution is -0.167. The van der Waals surface area contributed by atoms with Gasteiger partial charge < -0.3 is 14.2 Å². The van der Waals surface area contributed by atoms with Gasteiger partial charge in [0.25, 0.3) is 0 Å². The van der Waals surface area contributed by atoms with Crippen LogP contribution in [0.5, 0.6) is 0 Å². The second kappa shape index (κ2) is 65.8.